The molecule has 0 unspecified atom stereocenters. The summed E-state index contributed by atoms with van der Waals surface area (Å²) in [6.07, 6.45) is 5.22. The molecule has 0 aliphatic carbocycles. The van der Waals surface area contributed by atoms with Gasteiger partial charge in [0, 0.05) is 6.08 Å². The Morgan fingerprint density at radius 3 is 2.88 bits per heavy atom. The third kappa shape index (κ3) is 3.64. The van der Waals surface area contributed by atoms with E-state index in [1.807, 2.05) is 0 Å². The molecule has 0 amide bonds. The first-order valence-corrected chi connectivity index (χ1v) is 5.06. The topological polar surface area (TPSA) is 44.8 Å². The van der Waals surface area contributed by atoms with Gasteiger partial charge in [-0.3, -0.25) is 0 Å². The van der Waals surface area contributed by atoms with Gasteiger partial charge in [0.05, 0.1) is 6.61 Å². The zero-order chi connectivity index (χ0) is 12.0. The minimum Gasteiger partial charge on any atom is -0.454 e. The zero-order valence-corrected chi connectivity index (χ0v) is 9.30. The Bertz CT molecular complexity index is 295. The van der Waals surface area contributed by atoms with E-state index in [-0.39, 0.29) is 12.4 Å². The lowest BCUT2D eigenvalue weighted by molar-refractivity contribution is -0.237. The number of allylic oxidation sites excluding steroid dienone is 2. The van der Waals surface area contributed by atoms with Gasteiger partial charge in [0.25, 0.3) is 0 Å². The summed E-state index contributed by atoms with van der Waals surface area (Å²) in [5, 5.41) is 0. The molecule has 1 fully saturated rings. The maximum atomic E-state index is 11.1. The summed E-state index contributed by atoms with van der Waals surface area (Å²) in [5.74, 6) is -0.483. The fourth-order valence-electron chi connectivity index (χ4n) is 1.33. The maximum Gasteiger partial charge on any atom is 0.330 e. The number of ether oxygens (including phenoxy) is 3. The number of rotatable bonds is 4. The molecule has 1 rings (SSSR count). The molecule has 0 aromatic rings. The van der Waals surface area contributed by atoms with Crippen molar-refractivity contribution in [3.8, 4) is 0 Å². The summed E-state index contributed by atoms with van der Waals surface area (Å²) < 4.78 is 15.8. The highest BCUT2D eigenvalue weighted by Crippen LogP contribution is 2.17. The lowest BCUT2D eigenvalue weighted by atomic mass is 10.1. The van der Waals surface area contributed by atoms with Crippen LogP contribution in [-0.2, 0) is 19.0 Å². The van der Waals surface area contributed by atoms with Gasteiger partial charge in [0.15, 0.2) is 12.4 Å². The summed E-state index contributed by atoms with van der Waals surface area (Å²) in [7, 11) is 0. The van der Waals surface area contributed by atoms with Crippen molar-refractivity contribution in [2.45, 2.75) is 25.4 Å². The van der Waals surface area contributed by atoms with E-state index >= 15 is 0 Å². The fraction of sp³-hybridized carbons (Fsp3) is 0.417. The van der Waals surface area contributed by atoms with Crippen molar-refractivity contribution in [1.82, 2.24) is 0 Å². The summed E-state index contributed by atoms with van der Waals surface area (Å²) in [6, 6.07) is 0. The molecule has 88 valence electrons. The molecule has 1 saturated heterocycles. The van der Waals surface area contributed by atoms with Crippen LogP contribution in [0, 0.1) is 0 Å². The molecule has 0 bridgehead atoms. The van der Waals surface area contributed by atoms with Gasteiger partial charge in [-0.05, 0) is 6.92 Å². The third-order valence-electron chi connectivity index (χ3n) is 2.08. The molecule has 0 aromatic heterocycles. The van der Waals surface area contributed by atoms with Gasteiger partial charge in [-0.1, -0.05) is 31.4 Å². The smallest absolute Gasteiger partial charge is 0.330 e. The molecule has 1 aliphatic heterocycles. The van der Waals surface area contributed by atoms with Crippen molar-refractivity contribution in [2.75, 3.05) is 6.61 Å². The Labute approximate surface area is 95.2 Å². The lowest BCUT2D eigenvalue weighted by Gasteiger charge is -2.32. The second-order valence-electron chi connectivity index (χ2n) is 3.30. The van der Waals surface area contributed by atoms with Crippen molar-refractivity contribution >= 4 is 5.97 Å². The van der Waals surface area contributed by atoms with Crippen LogP contribution in [0.3, 0.4) is 0 Å². The third-order valence-corrected chi connectivity index (χ3v) is 2.08. The van der Waals surface area contributed by atoms with Gasteiger partial charge < -0.3 is 14.2 Å². The van der Waals surface area contributed by atoms with Crippen molar-refractivity contribution in [3.63, 3.8) is 0 Å². The van der Waals surface area contributed by atoms with Crippen LogP contribution in [-0.4, -0.2) is 31.1 Å². The van der Waals surface area contributed by atoms with Gasteiger partial charge >= 0.3 is 5.97 Å². The van der Waals surface area contributed by atoms with Crippen LogP contribution < -0.4 is 0 Å². The molecule has 3 atom stereocenters. The Hall–Kier alpha value is -1.39. The predicted octanol–water partition coefficient (Wildman–Crippen LogP) is 1.59. The first-order chi connectivity index (χ1) is 7.67. The first-order valence-electron chi connectivity index (χ1n) is 5.06. The summed E-state index contributed by atoms with van der Waals surface area (Å²) in [4.78, 5) is 11.1. The summed E-state index contributed by atoms with van der Waals surface area (Å²) >= 11 is 0. The Kier molecular flexibility index (Phi) is 4.95. The maximum absolute atomic E-state index is 11.1. The van der Waals surface area contributed by atoms with E-state index < -0.39 is 12.1 Å². The van der Waals surface area contributed by atoms with Gasteiger partial charge in [0.1, 0.15) is 6.10 Å². The molecular formula is C12H16O4. The molecule has 0 spiro atoms. The van der Waals surface area contributed by atoms with Crippen LogP contribution >= 0.6 is 0 Å². The molecule has 1 aliphatic rings. The van der Waals surface area contributed by atoms with Crippen molar-refractivity contribution in [3.05, 3.63) is 37.5 Å². The average molecular weight is 224 g/mol. The van der Waals surface area contributed by atoms with Gasteiger partial charge in [-0.15, -0.1) is 0 Å². The van der Waals surface area contributed by atoms with E-state index in [9.17, 15) is 4.79 Å². The van der Waals surface area contributed by atoms with E-state index in [0.29, 0.717) is 6.61 Å². The van der Waals surface area contributed by atoms with E-state index in [0.717, 1.165) is 6.08 Å². The van der Waals surface area contributed by atoms with Crippen LogP contribution in [0.25, 0.3) is 0 Å². The van der Waals surface area contributed by atoms with Crippen molar-refractivity contribution in [2.24, 2.45) is 0 Å². The highest BCUT2D eigenvalue weighted by atomic mass is 16.7. The second-order valence-corrected chi connectivity index (χ2v) is 3.30. The number of carbonyl (C=O) groups excluding carboxylic acids is 1. The minimum atomic E-state index is -0.483. The highest BCUT2D eigenvalue weighted by Gasteiger charge is 2.30. The summed E-state index contributed by atoms with van der Waals surface area (Å²) in [5.41, 5.74) is 0. The first kappa shape index (κ1) is 12.7. The quantitative estimate of drug-likeness (QED) is 0.413. The van der Waals surface area contributed by atoms with E-state index in [1.54, 1.807) is 25.2 Å². The average Bonchev–Trinajstić information content (AvgIpc) is 2.29. The molecule has 16 heavy (non-hydrogen) atoms. The van der Waals surface area contributed by atoms with Crippen LogP contribution in [0.5, 0.6) is 0 Å². The number of carbonyl (C=O) groups is 1. The lowest BCUT2D eigenvalue weighted by Crippen LogP contribution is -2.44. The number of esters is 1. The largest absolute Gasteiger partial charge is 0.454 e. The normalized spacial score (nSPS) is 29.9. The van der Waals surface area contributed by atoms with Gasteiger partial charge in [-0.2, -0.15) is 0 Å². The SMILES string of the molecule is C=C/C=C/[C@@H]1O[C@H](C)OC[C@H]1OC(=O)C=C. The van der Waals surface area contributed by atoms with Crippen LogP contribution in [0.15, 0.2) is 37.5 Å². The van der Waals surface area contributed by atoms with Crippen molar-refractivity contribution in [1.29, 1.82) is 0 Å². The minimum absolute atomic E-state index is 0.307. The standard InChI is InChI=1S/C12H16O4/c1-4-6-7-10-11(16-12(13)5-2)8-14-9(3)15-10/h4-7,9-11H,1-2,8H2,3H3/b7-6+/t9-,10+,11-/m1/s1. The Balaban J connectivity index is 2.63. The fourth-order valence-corrected chi connectivity index (χ4v) is 1.33. The van der Waals surface area contributed by atoms with E-state index in [4.69, 9.17) is 14.2 Å². The summed E-state index contributed by atoms with van der Waals surface area (Å²) in [6.45, 7) is 9.01. The second kappa shape index (κ2) is 6.25. The van der Waals surface area contributed by atoms with Crippen LogP contribution in [0.2, 0.25) is 0 Å². The molecule has 1 heterocycles. The van der Waals surface area contributed by atoms with E-state index in [1.165, 1.54) is 0 Å². The molecule has 0 aromatic carbocycles. The molecule has 0 N–H and O–H groups in total. The van der Waals surface area contributed by atoms with Crippen molar-refractivity contribution < 1.29 is 19.0 Å². The van der Waals surface area contributed by atoms with Gasteiger partial charge in [0.2, 0.25) is 0 Å². The number of hydrogen-bond acceptors (Lipinski definition) is 4. The van der Waals surface area contributed by atoms with E-state index in [2.05, 4.69) is 13.2 Å². The van der Waals surface area contributed by atoms with Crippen LogP contribution in [0.4, 0.5) is 0 Å². The molecule has 0 radical (unpaired) electrons. The van der Waals surface area contributed by atoms with Crippen LogP contribution in [0.1, 0.15) is 6.92 Å². The predicted molar refractivity (Wildman–Crippen MR) is 59.7 cm³/mol. The Morgan fingerprint density at radius 2 is 2.25 bits per heavy atom. The molecule has 0 saturated carbocycles. The Morgan fingerprint density at radius 1 is 1.50 bits per heavy atom. The molecule has 4 heteroatoms. The van der Waals surface area contributed by atoms with Gasteiger partial charge in [-0.25, -0.2) is 4.79 Å². The molecular weight excluding hydrogens is 208 g/mol. The highest BCUT2D eigenvalue weighted by molar-refractivity contribution is 5.81. The monoisotopic (exact) mass is 224 g/mol. The number of hydrogen-bond donors (Lipinski definition) is 0. The zero-order valence-electron chi connectivity index (χ0n) is 9.30. The molecule has 4 nitrogen and oxygen atoms in total.